The molecule has 1 aromatic heterocycles. The first kappa shape index (κ1) is 11.1. The molecule has 1 fully saturated rings. The van der Waals surface area contributed by atoms with Crippen LogP contribution in [0.4, 0.5) is 5.69 Å². The molecule has 16 heavy (non-hydrogen) atoms. The standard InChI is InChI=1S/C11H18N4O/c1-7-11(8(2)15-14-7)13-10(16)6-9-4-3-5-12-9/h9,12H,3-6H2,1-2H3,(H,13,16)(H,14,15). The molecule has 2 heterocycles. The summed E-state index contributed by atoms with van der Waals surface area (Å²) in [6.07, 6.45) is 2.81. The fourth-order valence-electron chi connectivity index (χ4n) is 2.08. The van der Waals surface area contributed by atoms with Crippen LogP contribution in [0.3, 0.4) is 0 Å². The Balaban J connectivity index is 1.91. The quantitative estimate of drug-likeness (QED) is 0.717. The average Bonchev–Trinajstić information content (AvgIpc) is 2.83. The number of carbonyl (C=O) groups is 1. The molecule has 88 valence electrons. The molecule has 0 bridgehead atoms. The Morgan fingerprint density at radius 3 is 2.94 bits per heavy atom. The third-order valence-electron chi connectivity index (χ3n) is 2.99. The van der Waals surface area contributed by atoms with Crippen molar-refractivity contribution in [1.29, 1.82) is 0 Å². The van der Waals surface area contributed by atoms with Crippen molar-refractivity contribution in [2.24, 2.45) is 0 Å². The highest BCUT2D eigenvalue weighted by Gasteiger charge is 2.18. The normalized spacial score (nSPS) is 20.0. The summed E-state index contributed by atoms with van der Waals surface area (Å²) in [6.45, 7) is 4.82. The Kier molecular flexibility index (Phi) is 3.24. The monoisotopic (exact) mass is 222 g/mol. The zero-order valence-corrected chi connectivity index (χ0v) is 9.76. The molecule has 1 atom stereocenters. The largest absolute Gasteiger partial charge is 0.323 e. The maximum atomic E-state index is 11.8. The van der Waals surface area contributed by atoms with E-state index in [9.17, 15) is 4.79 Å². The number of anilines is 1. The van der Waals surface area contributed by atoms with E-state index in [1.165, 1.54) is 6.42 Å². The predicted molar refractivity (Wildman–Crippen MR) is 62.3 cm³/mol. The summed E-state index contributed by atoms with van der Waals surface area (Å²) in [5, 5.41) is 13.1. The summed E-state index contributed by atoms with van der Waals surface area (Å²) < 4.78 is 0. The van der Waals surface area contributed by atoms with Crippen molar-refractivity contribution in [3.63, 3.8) is 0 Å². The molecule has 1 aliphatic heterocycles. The summed E-state index contributed by atoms with van der Waals surface area (Å²) >= 11 is 0. The molecule has 1 saturated heterocycles. The van der Waals surface area contributed by atoms with E-state index in [0.717, 1.165) is 30.0 Å². The second-order valence-corrected chi connectivity index (χ2v) is 4.35. The first-order valence-corrected chi connectivity index (χ1v) is 5.71. The number of amides is 1. The van der Waals surface area contributed by atoms with Crippen molar-refractivity contribution in [2.45, 2.75) is 39.2 Å². The van der Waals surface area contributed by atoms with Gasteiger partial charge in [-0.1, -0.05) is 0 Å². The van der Waals surface area contributed by atoms with Crippen LogP contribution in [0.15, 0.2) is 0 Å². The molecule has 5 nitrogen and oxygen atoms in total. The highest BCUT2D eigenvalue weighted by Crippen LogP contribution is 2.17. The number of carbonyl (C=O) groups excluding carboxylic acids is 1. The molecule has 2 rings (SSSR count). The second-order valence-electron chi connectivity index (χ2n) is 4.35. The Bertz CT molecular complexity index is 360. The molecule has 3 N–H and O–H groups in total. The molecule has 0 spiro atoms. The lowest BCUT2D eigenvalue weighted by molar-refractivity contribution is -0.116. The number of aromatic amines is 1. The van der Waals surface area contributed by atoms with E-state index in [1.807, 2.05) is 13.8 Å². The molecule has 1 aromatic rings. The summed E-state index contributed by atoms with van der Waals surface area (Å²) in [6, 6.07) is 0.340. The third-order valence-corrected chi connectivity index (χ3v) is 2.99. The summed E-state index contributed by atoms with van der Waals surface area (Å²) in [5.41, 5.74) is 2.57. The van der Waals surface area contributed by atoms with E-state index >= 15 is 0 Å². The second kappa shape index (κ2) is 4.65. The lowest BCUT2D eigenvalue weighted by Gasteiger charge is -2.10. The van der Waals surface area contributed by atoms with Crippen LogP contribution in [-0.2, 0) is 4.79 Å². The number of aromatic nitrogens is 2. The summed E-state index contributed by atoms with van der Waals surface area (Å²) in [4.78, 5) is 11.8. The first-order valence-electron chi connectivity index (χ1n) is 5.71. The van der Waals surface area contributed by atoms with Gasteiger partial charge in [0, 0.05) is 12.5 Å². The Labute approximate surface area is 95.0 Å². The van der Waals surface area contributed by atoms with Gasteiger partial charge in [0.25, 0.3) is 0 Å². The lowest BCUT2D eigenvalue weighted by atomic mass is 10.1. The lowest BCUT2D eigenvalue weighted by Crippen LogP contribution is -2.27. The number of nitrogens with zero attached hydrogens (tertiary/aromatic N) is 1. The molecular weight excluding hydrogens is 204 g/mol. The van der Waals surface area contributed by atoms with Crippen molar-refractivity contribution in [1.82, 2.24) is 15.5 Å². The smallest absolute Gasteiger partial charge is 0.226 e. The van der Waals surface area contributed by atoms with Crippen LogP contribution < -0.4 is 10.6 Å². The van der Waals surface area contributed by atoms with Gasteiger partial charge in [-0.15, -0.1) is 0 Å². The number of aryl methyl sites for hydroxylation is 2. The molecule has 1 unspecified atom stereocenters. The van der Waals surface area contributed by atoms with E-state index in [1.54, 1.807) is 0 Å². The maximum absolute atomic E-state index is 11.8. The first-order chi connectivity index (χ1) is 7.66. The molecule has 0 aromatic carbocycles. The third kappa shape index (κ3) is 2.41. The molecular formula is C11H18N4O. The summed E-state index contributed by atoms with van der Waals surface area (Å²) in [5.74, 6) is 0.0620. The Morgan fingerprint density at radius 1 is 1.56 bits per heavy atom. The Morgan fingerprint density at radius 2 is 2.38 bits per heavy atom. The number of H-pyrrole nitrogens is 1. The fraction of sp³-hybridized carbons (Fsp3) is 0.636. The van der Waals surface area contributed by atoms with Crippen molar-refractivity contribution >= 4 is 11.6 Å². The van der Waals surface area contributed by atoms with Crippen LogP contribution in [0.1, 0.15) is 30.7 Å². The molecule has 1 aliphatic rings. The number of hydrogen-bond donors (Lipinski definition) is 3. The van der Waals surface area contributed by atoms with Gasteiger partial charge in [0.2, 0.25) is 5.91 Å². The highest BCUT2D eigenvalue weighted by atomic mass is 16.1. The van der Waals surface area contributed by atoms with Crippen molar-refractivity contribution in [2.75, 3.05) is 11.9 Å². The van der Waals surface area contributed by atoms with Gasteiger partial charge >= 0.3 is 0 Å². The van der Waals surface area contributed by atoms with E-state index in [4.69, 9.17) is 0 Å². The zero-order chi connectivity index (χ0) is 11.5. The van der Waals surface area contributed by atoms with Gasteiger partial charge in [0.15, 0.2) is 0 Å². The van der Waals surface area contributed by atoms with Gasteiger partial charge in [-0.2, -0.15) is 5.10 Å². The van der Waals surface area contributed by atoms with E-state index in [0.29, 0.717) is 12.5 Å². The predicted octanol–water partition coefficient (Wildman–Crippen LogP) is 1.11. The molecule has 0 aliphatic carbocycles. The highest BCUT2D eigenvalue weighted by molar-refractivity contribution is 5.92. The van der Waals surface area contributed by atoms with Crippen LogP contribution in [0.5, 0.6) is 0 Å². The Hall–Kier alpha value is -1.36. The van der Waals surface area contributed by atoms with E-state index in [2.05, 4.69) is 20.8 Å². The average molecular weight is 222 g/mol. The topological polar surface area (TPSA) is 69.8 Å². The molecule has 0 saturated carbocycles. The van der Waals surface area contributed by atoms with E-state index < -0.39 is 0 Å². The van der Waals surface area contributed by atoms with Crippen molar-refractivity contribution < 1.29 is 4.79 Å². The minimum absolute atomic E-state index is 0.0620. The maximum Gasteiger partial charge on any atom is 0.226 e. The van der Waals surface area contributed by atoms with Gasteiger partial charge in [0.1, 0.15) is 0 Å². The molecule has 1 amide bonds. The van der Waals surface area contributed by atoms with Gasteiger partial charge < -0.3 is 10.6 Å². The molecule has 5 heteroatoms. The number of rotatable bonds is 3. The van der Waals surface area contributed by atoms with Crippen LogP contribution in [0, 0.1) is 13.8 Å². The number of nitrogens with one attached hydrogen (secondary N) is 3. The number of hydrogen-bond acceptors (Lipinski definition) is 3. The van der Waals surface area contributed by atoms with Crippen LogP contribution in [0.2, 0.25) is 0 Å². The SMILES string of the molecule is Cc1n[nH]c(C)c1NC(=O)CC1CCCN1. The fourth-order valence-corrected chi connectivity index (χ4v) is 2.08. The van der Waals surface area contributed by atoms with Gasteiger partial charge in [-0.3, -0.25) is 9.89 Å². The molecule has 0 radical (unpaired) electrons. The summed E-state index contributed by atoms with van der Waals surface area (Å²) in [7, 11) is 0. The van der Waals surface area contributed by atoms with Gasteiger partial charge in [-0.05, 0) is 33.2 Å². The van der Waals surface area contributed by atoms with Crippen molar-refractivity contribution in [3.05, 3.63) is 11.4 Å². The van der Waals surface area contributed by atoms with E-state index in [-0.39, 0.29) is 5.91 Å². The van der Waals surface area contributed by atoms with Gasteiger partial charge in [0.05, 0.1) is 17.1 Å². The zero-order valence-electron chi connectivity index (χ0n) is 9.76. The van der Waals surface area contributed by atoms with Crippen LogP contribution in [0.25, 0.3) is 0 Å². The van der Waals surface area contributed by atoms with Crippen LogP contribution >= 0.6 is 0 Å². The minimum Gasteiger partial charge on any atom is -0.323 e. The minimum atomic E-state index is 0.0620. The van der Waals surface area contributed by atoms with Gasteiger partial charge in [-0.25, -0.2) is 0 Å². The van der Waals surface area contributed by atoms with Crippen molar-refractivity contribution in [3.8, 4) is 0 Å². The van der Waals surface area contributed by atoms with Crippen LogP contribution in [-0.4, -0.2) is 28.7 Å².